The zero-order chi connectivity index (χ0) is 24.8. The molecule has 2 aromatic rings. The molecule has 0 fully saturated rings. The van der Waals surface area contributed by atoms with Gasteiger partial charge in [0.15, 0.2) is 5.82 Å². The maximum Gasteiger partial charge on any atom is 0.410 e. The van der Waals surface area contributed by atoms with Gasteiger partial charge in [0.2, 0.25) is 5.91 Å². The number of ether oxygens (including phenoxy) is 1. The number of aromatic nitrogens is 2. The highest BCUT2D eigenvalue weighted by atomic mass is 16.6. The van der Waals surface area contributed by atoms with Gasteiger partial charge >= 0.3 is 6.09 Å². The lowest BCUT2D eigenvalue weighted by Crippen LogP contribution is -2.35. The summed E-state index contributed by atoms with van der Waals surface area (Å²) in [5.74, 6) is 0.740. The van der Waals surface area contributed by atoms with Gasteiger partial charge < -0.3 is 15.0 Å². The summed E-state index contributed by atoms with van der Waals surface area (Å²) in [5, 5.41) is 10.1. The predicted octanol–water partition coefficient (Wildman–Crippen LogP) is 6.03. The molecule has 2 N–H and O–H groups in total. The summed E-state index contributed by atoms with van der Waals surface area (Å²) in [7, 11) is 1.77. The molecular formula is C26H40N4O3. The lowest BCUT2D eigenvalue weighted by molar-refractivity contribution is -0.117. The molecule has 7 heteroatoms. The van der Waals surface area contributed by atoms with Crippen molar-refractivity contribution in [2.45, 2.75) is 84.7 Å². The highest BCUT2D eigenvalue weighted by molar-refractivity contribution is 5.94. The maximum atomic E-state index is 12.8. The molecule has 2 atom stereocenters. The van der Waals surface area contributed by atoms with Gasteiger partial charge in [0.1, 0.15) is 5.60 Å². The van der Waals surface area contributed by atoms with Crippen molar-refractivity contribution in [1.82, 2.24) is 15.1 Å². The van der Waals surface area contributed by atoms with Crippen LogP contribution in [-0.2, 0) is 9.53 Å². The standard InChI is InChI=1S/C26H40N4O3/c1-9-19(13-14-30(8)25(32)33-26(5,6)7)21-12-10-11-20(15-21)18(4)24(31)27-23-16-22(17(2)3)28-29-23/h10-12,15-19H,9,13-14H2,1-8H3,(H2,27,28,29,31). The Labute approximate surface area is 198 Å². The number of H-pyrrole nitrogens is 1. The Kier molecular flexibility index (Phi) is 9.08. The number of rotatable bonds is 9. The maximum absolute atomic E-state index is 12.8. The van der Waals surface area contributed by atoms with Crippen LogP contribution in [0, 0.1) is 0 Å². The largest absolute Gasteiger partial charge is 0.444 e. The molecule has 2 unspecified atom stereocenters. The third kappa shape index (κ3) is 7.91. The normalized spacial score (nSPS) is 13.5. The summed E-state index contributed by atoms with van der Waals surface area (Å²) in [6, 6.07) is 10.1. The zero-order valence-corrected chi connectivity index (χ0v) is 21.4. The Bertz CT molecular complexity index is 930. The number of aromatic amines is 1. The third-order valence-electron chi connectivity index (χ3n) is 5.76. The molecule has 1 heterocycles. The average Bonchev–Trinajstić information content (AvgIpc) is 3.21. The number of anilines is 1. The Hall–Kier alpha value is -2.83. The number of benzene rings is 1. The van der Waals surface area contributed by atoms with Crippen LogP contribution in [0.5, 0.6) is 0 Å². The molecule has 0 radical (unpaired) electrons. The number of carbonyl (C=O) groups is 2. The van der Waals surface area contributed by atoms with Crippen LogP contribution in [0.1, 0.15) is 95.9 Å². The Balaban J connectivity index is 2.03. The second-order valence-electron chi connectivity index (χ2n) is 10.0. The fraction of sp³-hybridized carbons (Fsp3) is 0.577. The lowest BCUT2D eigenvalue weighted by atomic mass is 9.89. The SMILES string of the molecule is CCC(CCN(C)C(=O)OC(C)(C)C)c1cccc(C(C)C(=O)Nc2cc(C(C)C)[nH]n2)c1. The van der Waals surface area contributed by atoms with Crippen LogP contribution >= 0.6 is 0 Å². The second kappa shape index (κ2) is 11.3. The van der Waals surface area contributed by atoms with Gasteiger partial charge in [0.25, 0.3) is 0 Å². The molecule has 0 bridgehead atoms. The van der Waals surface area contributed by atoms with Crippen LogP contribution in [0.2, 0.25) is 0 Å². The summed E-state index contributed by atoms with van der Waals surface area (Å²) in [4.78, 5) is 26.7. The van der Waals surface area contributed by atoms with E-state index < -0.39 is 5.60 Å². The average molecular weight is 457 g/mol. The third-order valence-corrected chi connectivity index (χ3v) is 5.76. The van der Waals surface area contributed by atoms with E-state index in [-0.39, 0.29) is 23.8 Å². The predicted molar refractivity (Wildman–Crippen MR) is 133 cm³/mol. The minimum Gasteiger partial charge on any atom is -0.444 e. The number of amides is 2. The molecule has 0 aliphatic rings. The Morgan fingerprint density at radius 1 is 1.15 bits per heavy atom. The van der Waals surface area contributed by atoms with E-state index in [1.54, 1.807) is 11.9 Å². The molecular weight excluding hydrogens is 416 g/mol. The van der Waals surface area contributed by atoms with Crippen molar-refractivity contribution in [2.75, 3.05) is 18.9 Å². The summed E-state index contributed by atoms with van der Waals surface area (Å²) in [6.07, 6.45) is 1.45. The molecule has 1 aromatic heterocycles. The van der Waals surface area contributed by atoms with Gasteiger partial charge in [-0.25, -0.2) is 4.79 Å². The van der Waals surface area contributed by atoms with Crippen LogP contribution in [0.3, 0.4) is 0 Å². The fourth-order valence-electron chi connectivity index (χ4n) is 3.55. The molecule has 7 nitrogen and oxygen atoms in total. The van der Waals surface area contributed by atoms with Crippen molar-refractivity contribution in [2.24, 2.45) is 0 Å². The van der Waals surface area contributed by atoms with Crippen molar-refractivity contribution in [3.8, 4) is 0 Å². The summed E-state index contributed by atoms with van der Waals surface area (Å²) in [5.41, 5.74) is 2.62. The molecule has 1 aromatic carbocycles. The summed E-state index contributed by atoms with van der Waals surface area (Å²) < 4.78 is 5.45. The van der Waals surface area contributed by atoms with Crippen LogP contribution in [0.25, 0.3) is 0 Å². The number of nitrogens with one attached hydrogen (secondary N) is 2. The van der Waals surface area contributed by atoms with Gasteiger partial charge in [-0.15, -0.1) is 0 Å². The number of carbonyl (C=O) groups excluding carboxylic acids is 2. The molecule has 0 saturated carbocycles. The van der Waals surface area contributed by atoms with Crippen molar-refractivity contribution >= 4 is 17.8 Å². The Morgan fingerprint density at radius 3 is 2.39 bits per heavy atom. The van der Waals surface area contributed by atoms with E-state index in [1.165, 1.54) is 5.56 Å². The molecule has 33 heavy (non-hydrogen) atoms. The summed E-state index contributed by atoms with van der Waals surface area (Å²) in [6.45, 7) is 14.4. The monoisotopic (exact) mass is 456 g/mol. The van der Waals surface area contributed by atoms with Gasteiger partial charge in [-0.3, -0.25) is 9.89 Å². The number of hydrogen-bond acceptors (Lipinski definition) is 4. The van der Waals surface area contributed by atoms with Gasteiger partial charge in [-0.2, -0.15) is 5.10 Å². The van der Waals surface area contributed by atoms with Crippen molar-refractivity contribution in [3.63, 3.8) is 0 Å². The minimum absolute atomic E-state index is 0.0911. The van der Waals surface area contributed by atoms with E-state index in [9.17, 15) is 9.59 Å². The first kappa shape index (κ1) is 26.4. The topological polar surface area (TPSA) is 87.3 Å². The smallest absolute Gasteiger partial charge is 0.410 e. The van der Waals surface area contributed by atoms with Crippen molar-refractivity contribution in [1.29, 1.82) is 0 Å². The van der Waals surface area contributed by atoms with Crippen LogP contribution < -0.4 is 5.32 Å². The van der Waals surface area contributed by atoms with Gasteiger partial charge in [-0.1, -0.05) is 45.0 Å². The second-order valence-corrected chi connectivity index (χ2v) is 10.0. The highest BCUT2D eigenvalue weighted by Crippen LogP contribution is 2.28. The fourth-order valence-corrected chi connectivity index (χ4v) is 3.55. The number of nitrogens with zero attached hydrogens (tertiary/aromatic N) is 2. The molecule has 0 aliphatic carbocycles. The van der Waals surface area contributed by atoms with Gasteiger partial charge in [0, 0.05) is 25.4 Å². The van der Waals surface area contributed by atoms with E-state index in [1.807, 2.05) is 45.9 Å². The summed E-state index contributed by atoms with van der Waals surface area (Å²) >= 11 is 0. The van der Waals surface area contributed by atoms with Crippen LogP contribution in [-0.4, -0.2) is 46.3 Å². The zero-order valence-electron chi connectivity index (χ0n) is 21.4. The van der Waals surface area contributed by atoms with Crippen LogP contribution in [0.4, 0.5) is 10.6 Å². The molecule has 0 aliphatic heterocycles. The molecule has 2 amide bonds. The quantitative estimate of drug-likeness (QED) is 0.482. The minimum atomic E-state index is -0.507. The first-order valence-corrected chi connectivity index (χ1v) is 11.8. The molecule has 0 saturated heterocycles. The van der Waals surface area contributed by atoms with E-state index in [2.05, 4.69) is 48.4 Å². The van der Waals surface area contributed by atoms with Crippen molar-refractivity contribution in [3.05, 3.63) is 47.2 Å². The lowest BCUT2D eigenvalue weighted by Gasteiger charge is -2.26. The number of hydrogen-bond donors (Lipinski definition) is 2. The first-order valence-electron chi connectivity index (χ1n) is 11.8. The Morgan fingerprint density at radius 2 is 1.82 bits per heavy atom. The van der Waals surface area contributed by atoms with E-state index in [4.69, 9.17) is 4.74 Å². The highest BCUT2D eigenvalue weighted by Gasteiger charge is 2.22. The van der Waals surface area contributed by atoms with Gasteiger partial charge in [-0.05, 0) is 63.5 Å². The van der Waals surface area contributed by atoms with Crippen molar-refractivity contribution < 1.29 is 14.3 Å². The molecule has 0 spiro atoms. The molecule has 182 valence electrons. The van der Waals surface area contributed by atoms with E-state index in [0.29, 0.717) is 18.3 Å². The van der Waals surface area contributed by atoms with Gasteiger partial charge in [0.05, 0.1) is 5.92 Å². The first-order chi connectivity index (χ1) is 15.4. The van der Waals surface area contributed by atoms with E-state index in [0.717, 1.165) is 24.1 Å². The molecule has 2 rings (SSSR count). The van der Waals surface area contributed by atoms with E-state index >= 15 is 0 Å². The van der Waals surface area contributed by atoms with Crippen LogP contribution in [0.15, 0.2) is 30.3 Å².